The van der Waals surface area contributed by atoms with Crippen molar-refractivity contribution in [3.05, 3.63) is 35.9 Å². The number of aliphatic hydroxyl groups is 1. The summed E-state index contributed by atoms with van der Waals surface area (Å²) in [6, 6.07) is 9.09. The molecule has 6 nitrogen and oxygen atoms in total. The maximum Gasteiger partial charge on any atom is 0.357 e. The molecule has 1 unspecified atom stereocenters. The van der Waals surface area contributed by atoms with Gasteiger partial charge in [0.15, 0.2) is 0 Å². The molecule has 1 amide bonds. The zero-order chi connectivity index (χ0) is 13.6. The number of carboxylic acid groups (broad SMARTS) is 1. The molecule has 0 saturated heterocycles. The normalized spacial score (nSPS) is 13.7. The van der Waals surface area contributed by atoms with E-state index in [0.29, 0.717) is 6.42 Å². The number of nitrogens with two attached hydrogens (primary N) is 1. The van der Waals surface area contributed by atoms with Crippen LogP contribution < -0.4 is 11.1 Å². The molecule has 0 aliphatic heterocycles. The molecule has 6 heteroatoms. The van der Waals surface area contributed by atoms with Gasteiger partial charge in [0, 0.05) is 6.42 Å². The van der Waals surface area contributed by atoms with E-state index in [4.69, 9.17) is 10.8 Å². The molecule has 0 aliphatic rings. The Morgan fingerprint density at radius 1 is 1.28 bits per heavy atom. The Hall–Kier alpha value is -1.92. The zero-order valence-electron chi connectivity index (χ0n) is 9.80. The molecule has 0 aliphatic carbocycles. The average molecular weight is 252 g/mol. The third-order valence-electron chi connectivity index (χ3n) is 2.50. The molecule has 1 rings (SSSR count). The lowest BCUT2D eigenvalue weighted by Crippen LogP contribution is -2.56. The van der Waals surface area contributed by atoms with Crippen LogP contribution in [-0.4, -0.2) is 34.4 Å². The Labute approximate surface area is 104 Å². The highest BCUT2D eigenvalue weighted by atomic mass is 16.4. The van der Waals surface area contributed by atoms with E-state index in [1.54, 1.807) is 0 Å². The number of hydrogen-bond donors (Lipinski definition) is 4. The fourth-order valence-corrected chi connectivity index (χ4v) is 1.47. The fourth-order valence-electron chi connectivity index (χ4n) is 1.47. The molecular formula is C12H16N2O4. The lowest BCUT2D eigenvalue weighted by Gasteiger charge is -2.24. The summed E-state index contributed by atoms with van der Waals surface area (Å²) in [5.74, 6) is -2.21. The number of benzene rings is 1. The van der Waals surface area contributed by atoms with Gasteiger partial charge in [-0.3, -0.25) is 4.79 Å². The van der Waals surface area contributed by atoms with E-state index < -0.39 is 17.6 Å². The quantitative estimate of drug-likeness (QED) is 0.508. The van der Waals surface area contributed by atoms with E-state index in [2.05, 4.69) is 0 Å². The van der Waals surface area contributed by atoms with Crippen LogP contribution in [0, 0.1) is 0 Å². The Bertz CT molecular complexity index is 421. The van der Waals surface area contributed by atoms with Gasteiger partial charge in [0.05, 0.1) is 6.54 Å². The van der Waals surface area contributed by atoms with Crippen molar-refractivity contribution in [3.63, 3.8) is 0 Å². The monoisotopic (exact) mass is 252 g/mol. The fraction of sp³-hybridized carbons (Fsp3) is 0.333. The molecule has 0 fully saturated rings. The van der Waals surface area contributed by atoms with Crippen LogP contribution in [0.5, 0.6) is 0 Å². The van der Waals surface area contributed by atoms with E-state index in [0.717, 1.165) is 5.56 Å². The van der Waals surface area contributed by atoms with Gasteiger partial charge >= 0.3 is 5.97 Å². The minimum Gasteiger partial charge on any atom is -0.478 e. The first-order valence-corrected chi connectivity index (χ1v) is 5.49. The van der Waals surface area contributed by atoms with Gasteiger partial charge in [0.1, 0.15) is 0 Å². The maximum atomic E-state index is 11.1. The summed E-state index contributed by atoms with van der Waals surface area (Å²) in [6.45, 7) is -0.374. The Morgan fingerprint density at radius 2 is 1.89 bits per heavy atom. The number of carbonyl (C=O) groups excluding carboxylic acids is 1. The number of amides is 1. The minimum absolute atomic E-state index is 0.127. The summed E-state index contributed by atoms with van der Waals surface area (Å²) in [6.07, 6.45) is 0.201. The second-order valence-electron chi connectivity index (χ2n) is 3.90. The average Bonchev–Trinajstić information content (AvgIpc) is 2.37. The van der Waals surface area contributed by atoms with Crippen molar-refractivity contribution in [1.29, 1.82) is 0 Å². The van der Waals surface area contributed by atoms with E-state index in [1.807, 2.05) is 35.6 Å². The van der Waals surface area contributed by atoms with E-state index in [1.165, 1.54) is 0 Å². The van der Waals surface area contributed by atoms with Gasteiger partial charge in [-0.15, -0.1) is 0 Å². The Morgan fingerprint density at radius 3 is 2.39 bits per heavy atom. The highest BCUT2D eigenvalue weighted by molar-refractivity contribution is 5.86. The first-order chi connectivity index (χ1) is 8.48. The lowest BCUT2D eigenvalue weighted by atomic mass is 10.0. The van der Waals surface area contributed by atoms with Crippen LogP contribution in [0.15, 0.2) is 30.3 Å². The van der Waals surface area contributed by atoms with Crippen molar-refractivity contribution in [2.75, 3.05) is 6.54 Å². The summed E-state index contributed by atoms with van der Waals surface area (Å²) < 4.78 is 0. The van der Waals surface area contributed by atoms with Gasteiger partial charge in [0.2, 0.25) is 11.6 Å². The van der Waals surface area contributed by atoms with Crippen LogP contribution in [0.4, 0.5) is 0 Å². The van der Waals surface area contributed by atoms with Crippen molar-refractivity contribution >= 4 is 11.9 Å². The summed E-state index contributed by atoms with van der Waals surface area (Å²) >= 11 is 0. The molecule has 98 valence electrons. The molecule has 18 heavy (non-hydrogen) atoms. The molecule has 0 spiro atoms. The van der Waals surface area contributed by atoms with Crippen LogP contribution in [0.3, 0.4) is 0 Å². The lowest BCUT2D eigenvalue weighted by molar-refractivity contribution is -0.166. The summed E-state index contributed by atoms with van der Waals surface area (Å²) in [5.41, 5.74) is 3.66. The van der Waals surface area contributed by atoms with Crippen LogP contribution in [-0.2, 0) is 16.0 Å². The highest BCUT2D eigenvalue weighted by Gasteiger charge is 2.36. The van der Waals surface area contributed by atoms with Crippen molar-refractivity contribution in [2.24, 2.45) is 5.73 Å². The topological polar surface area (TPSA) is 113 Å². The second-order valence-corrected chi connectivity index (χ2v) is 3.90. The zero-order valence-corrected chi connectivity index (χ0v) is 9.80. The number of hydrogen-bond acceptors (Lipinski definition) is 4. The standard InChI is InChI=1S/C12H16N2O4/c13-8-10(15)14-12(18,11(16)17)7-6-9-4-2-1-3-5-9/h1-5,18H,6-8,13H2,(H,14,15)(H,16,17). The van der Waals surface area contributed by atoms with Gasteiger partial charge in [-0.2, -0.15) is 0 Å². The first-order valence-electron chi connectivity index (χ1n) is 5.49. The SMILES string of the molecule is NCC(=O)NC(O)(CCc1ccccc1)C(=O)O. The molecular weight excluding hydrogens is 236 g/mol. The third kappa shape index (κ3) is 3.83. The first kappa shape index (κ1) is 14.1. The molecule has 5 N–H and O–H groups in total. The van der Waals surface area contributed by atoms with Crippen molar-refractivity contribution in [1.82, 2.24) is 5.32 Å². The summed E-state index contributed by atoms with van der Waals surface area (Å²) in [5, 5.41) is 20.8. The van der Waals surface area contributed by atoms with Gasteiger partial charge in [-0.05, 0) is 12.0 Å². The van der Waals surface area contributed by atoms with Gasteiger partial charge in [0.25, 0.3) is 0 Å². The minimum atomic E-state index is -2.29. The molecule has 1 atom stereocenters. The largest absolute Gasteiger partial charge is 0.478 e. The van der Waals surface area contributed by atoms with Crippen molar-refractivity contribution in [3.8, 4) is 0 Å². The summed E-state index contributed by atoms with van der Waals surface area (Å²) in [7, 11) is 0. The van der Waals surface area contributed by atoms with E-state index in [9.17, 15) is 14.7 Å². The molecule has 0 heterocycles. The second kappa shape index (κ2) is 6.13. The Balaban J connectivity index is 2.68. The van der Waals surface area contributed by atoms with Crippen LogP contribution >= 0.6 is 0 Å². The third-order valence-corrected chi connectivity index (χ3v) is 2.50. The van der Waals surface area contributed by atoms with Gasteiger partial charge in [-0.1, -0.05) is 30.3 Å². The molecule has 0 radical (unpaired) electrons. The smallest absolute Gasteiger partial charge is 0.357 e. The van der Waals surface area contributed by atoms with Gasteiger partial charge in [-0.25, -0.2) is 4.79 Å². The maximum absolute atomic E-state index is 11.1. The number of nitrogens with one attached hydrogen (secondary N) is 1. The van der Waals surface area contributed by atoms with Crippen molar-refractivity contribution < 1.29 is 19.8 Å². The number of rotatable bonds is 6. The molecule has 1 aromatic rings. The van der Waals surface area contributed by atoms with Crippen LogP contribution in [0.1, 0.15) is 12.0 Å². The number of carboxylic acids is 1. The molecule has 0 aromatic heterocycles. The molecule has 0 saturated carbocycles. The number of aliphatic carboxylic acids is 1. The predicted molar refractivity (Wildman–Crippen MR) is 64.5 cm³/mol. The number of carbonyl (C=O) groups is 2. The molecule has 1 aromatic carbocycles. The van der Waals surface area contributed by atoms with E-state index >= 15 is 0 Å². The highest BCUT2D eigenvalue weighted by Crippen LogP contribution is 2.12. The van der Waals surface area contributed by atoms with Crippen LogP contribution in [0.25, 0.3) is 0 Å². The van der Waals surface area contributed by atoms with E-state index in [-0.39, 0.29) is 13.0 Å². The van der Waals surface area contributed by atoms with Crippen molar-refractivity contribution in [2.45, 2.75) is 18.6 Å². The van der Waals surface area contributed by atoms with Crippen LogP contribution in [0.2, 0.25) is 0 Å². The van der Waals surface area contributed by atoms with Gasteiger partial charge < -0.3 is 21.3 Å². The number of aryl methyl sites for hydroxylation is 1. The Kier molecular flexibility index (Phi) is 4.82. The molecule has 0 bridgehead atoms. The summed E-state index contributed by atoms with van der Waals surface area (Å²) in [4.78, 5) is 22.1. The predicted octanol–water partition coefficient (Wildman–Crippen LogP) is -0.533.